The molecule has 1 saturated heterocycles. The highest BCUT2D eigenvalue weighted by Gasteiger charge is 2.32. The minimum atomic E-state index is -2.56. The van der Waals surface area contributed by atoms with Crippen molar-refractivity contribution in [2.75, 3.05) is 18.0 Å². The van der Waals surface area contributed by atoms with E-state index in [1.807, 2.05) is 12.1 Å². The maximum Gasteiger partial charge on any atom is 0.260 e. The Labute approximate surface area is 100 Å². The quantitative estimate of drug-likeness (QED) is 0.880. The van der Waals surface area contributed by atoms with Gasteiger partial charge in [0.25, 0.3) is 6.43 Å². The molecule has 1 atom stereocenters. The van der Waals surface area contributed by atoms with E-state index < -0.39 is 12.0 Å². The number of benzene rings is 1. The summed E-state index contributed by atoms with van der Waals surface area (Å²) in [5.41, 5.74) is 5.63. The third-order valence-electron chi connectivity index (χ3n) is 3.41. The number of halogens is 2. The highest BCUT2D eigenvalue weighted by molar-refractivity contribution is 5.49. The molecular weight excluding hydrogens is 222 g/mol. The van der Waals surface area contributed by atoms with Crippen molar-refractivity contribution in [3.63, 3.8) is 0 Å². The summed E-state index contributed by atoms with van der Waals surface area (Å²) in [6, 6.07) is 7.18. The third kappa shape index (κ3) is 2.41. The zero-order chi connectivity index (χ0) is 12.5. The Morgan fingerprint density at radius 2 is 1.71 bits per heavy atom. The van der Waals surface area contributed by atoms with E-state index in [-0.39, 0.29) is 0 Å². The van der Waals surface area contributed by atoms with Gasteiger partial charge in [-0.25, -0.2) is 8.78 Å². The maximum atomic E-state index is 12.8. The molecule has 1 unspecified atom stereocenters. The highest BCUT2D eigenvalue weighted by atomic mass is 19.3. The predicted octanol–water partition coefficient (Wildman–Crippen LogP) is 2.73. The van der Waals surface area contributed by atoms with Gasteiger partial charge in [-0.3, -0.25) is 0 Å². The molecule has 2 N–H and O–H groups in total. The van der Waals surface area contributed by atoms with Crippen molar-refractivity contribution in [2.24, 2.45) is 5.73 Å². The monoisotopic (exact) mass is 240 g/mol. The fraction of sp³-hybridized carbons (Fsp3) is 0.538. The Morgan fingerprint density at radius 3 is 2.18 bits per heavy atom. The van der Waals surface area contributed by atoms with Crippen LogP contribution in [0.1, 0.15) is 25.3 Å². The van der Waals surface area contributed by atoms with Crippen LogP contribution in [-0.4, -0.2) is 19.5 Å². The van der Waals surface area contributed by atoms with E-state index >= 15 is 0 Å². The summed E-state index contributed by atoms with van der Waals surface area (Å²) in [5.74, 6) is 0. The van der Waals surface area contributed by atoms with Crippen molar-refractivity contribution in [1.82, 2.24) is 0 Å². The van der Waals surface area contributed by atoms with Crippen LogP contribution < -0.4 is 10.6 Å². The van der Waals surface area contributed by atoms with Gasteiger partial charge in [-0.1, -0.05) is 12.1 Å². The minimum Gasteiger partial charge on any atom is -0.372 e. The molecule has 0 aliphatic carbocycles. The second-order valence-corrected chi connectivity index (χ2v) is 4.82. The lowest BCUT2D eigenvalue weighted by Crippen LogP contribution is -2.40. The first-order chi connectivity index (χ1) is 8.01. The van der Waals surface area contributed by atoms with Gasteiger partial charge in [0.1, 0.15) is 0 Å². The summed E-state index contributed by atoms with van der Waals surface area (Å²) in [6.45, 7) is 3.46. The molecule has 1 aliphatic rings. The van der Waals surface area contributed by atoms with Gasteiger partial charge in [-0.15, -0.1) is 0 Å². The first-order valence-electron chi connectivity index (χ1n) is 5.94. The summed E-state index contributed by atoms with van der Waals surface area (Å²) in [5, 5.41) is 0. The second kappa shape index (κ2) is 4.61. The van der Waals surface area contributed by atoms with Crippen LogP contribution >= 0.6 is 0 Å². The predicted molar refractivity (Wildman–Crippen MR) is 65.4 cm³/mol. The fourth-order valence-electron chi connectivity index (χ4n) is 2.13. The summed E-state index contributed by atoms with van der Waals surface area (Å²) in [4.78, 5) is 2.26. The number of nitrogens with zero attached hydrogens (tertiary/aromatic N) is 1. The molecule has 1 aliphatic heterocycles. The molecule has 0 bridgehead atoms. The topological polar surface area (TPSA) is 29.3 Å². The third-order valence-corrected chi connectivity index (χ3v) is 3.41. The van der Waals surface area contributed by atoms with Gasteiger partial charge in [-0.05, 0) is 37.5 Å². The summed E-state index contributed by atoms with van der Waals surface area (Å²) < 4.78 is 25.5. The Morgan fingerprint density at radius 1 is 1.18 bits per heavy atom. The van der Waals surface area contributed by atoms with Crippen LogP contribution in [0.25, 0.3) is 0 Å². The SMILES string of the molecule is CC(N)(c1ccc(N2CCCC2)cc1)C(F)F. The normalized spacial score (nSPS) is 19.7. The molecule has 1 heterocycles. The van der Waals surface area contributed by atoms with Crippen LogP contribution in [0.4, 0.5) is 14.5 Å². The smallest absolute Gasteiger partial charge is 0.260 e. The van der Waals surface area contributed by atoms with E-state index in [0.29, 0.717) is 5.56 Å². The molecule has 0 spiro atoms. The standard InChI is InChI=1S/C13H18F2N2/c1-13(16,12(14)15)10-4-6-11(7-5-10)17-8-2-3-9-17/h4-7,12H,2-3,8-9,16H2,1H3. The molecule has 0 saturated carbocycles. The molecule has 1 aromatic carbocycles. The average molecular weight is 240 g/mol. The minimum absolute atomic E-state index is 0.482. The van der Waals surface area contributed by atoms with Crippen molar-refractivity contribution in [2.45, 2.75) is 31.7 Å². The van der Waals surface area contributed by atoms with E-state index in [0.717, 1.165) is 18.8 Å². The molecule has 0 aromatic heterocycles. The Hall–Kier alpha value is -1.16. The molecule has 2 rings (SSSR count). The Bertz CT molecular complexity index is 368. The molecule has 0 radical (unpaired) electrons. The second-order valence-electron chi connectivity index (χ2n) is 4.82. The van der Waals surface area contributed by atoms with E-state index in [2.05, 4.69) is 4.90 Å². The van der Waals surface area contributed by atoms with Crippen molar-refractivity contribution in [1.29, 1.82) is 0 Å². The van der Waals surface area contributed by atoms with E-state index in [1.54, 1.807) is 12.1 Å². The summed E-state index contributed by atoms with van der Waals surface area (Å²) in [7, 11) is 0. The lowest BCUT2D eigenvalue weighted by atomic mass is 9.93. The van der Waals surface area contributed by atoms with Gasteiger partial charge < -0.3 is 10.6 Å². The van der Waals surface area contributed by atoms with Crippen molar-refractivity contribution < 1.29 is 8.78 Å². The van der Waals surface area contributed by atoms with Crippen LogP contribution in [0, 0.1) is 0 Å². The summed E-state index contributed by atoms with van der Waals surface area (Å²) >= 11 is 0. The zero-order valence-electron chi connectivity index (χ0n) is 10.00. The first-order valence-corrected chi connectivity index (χ1v) is 5.94. The molecular formula is C13H18F2N2. The number of hydrogen-bond acceptors (Lipinski definition) is 2. The van der Waals surface area contributed by atoms with Gasteiger partial charge in [0.15, 0.2) is 0 Å². The van der Waals surface area contributed by atoms with Gasteiger partial charge >= 0.3 is 0 Å². The Kier molecular flexibility index (Phi) is 3.33. The largest absolute Gasteiger partial charge is 0.372 e. The number of nitrogens with two attached hydrogens (primary N) is 1. The summed E-state index contributed by atoms with van der Waals surface area (Å²) in [6.07, 6.45) is -0.152. The molecule has 2 nitrogen and oxygen atoms in total. The molecule has 4 heteroatoms. The number of anilines is 1. The molecule has 1 fully saturated rings. The van der Waals surface area contributed by atoms with Gasteiger partial charge in [0.2, 0.25) is 0 Å². The molecule has 94 valence electrons. The molecule has 17 heavy (non-hydrogen) atoms. The first kappa shape index (κ1) is 12.3. The Balaban J connectivity index is 2.17. The lowest BCUT2D eigenvalue weighted by Gasteiger charge is -2.25. The van der Waals surface area contributed by atoms with Gasteiger partial charge in [0.05, 0.1) is 5.54 Å². The van der Waals surface area contributed by atoms with Crippen molar-refractivity contribution >= 4 is 5.69 Å². The lowest BCUT2D eigenvalue weighted by molar-refractivity contribution is 0.0625. The highest BCUT2D eigenvalue weighted by Crippen LogP contribution is 2.28. The number of rotatable bonds is 3. The fourth-order valence-corrected chi connectivity index (χ4v) is 2.13. The maximum absolute atomic E-state index is 12.8. The molecule has 0 amide bonds. The van der Waals surface area contributed by atoms with Crippen molar-refractivity contribution in [3.05, 3.63) is 29.8 Å². The van der Waals surface area contributed by atoms with Crippen molar-refractivity contribution in [3.8, 4) is 0 Å². The van der Waals surface area contributed by atoms with Crippen LogP contribution in [0.15, 0.2) is 24.3 Å². The van der Waals surface area contributed by atoms with Crippen LogP contribution in [0.2, 0.25) is 0 Å². The van der Waals surface area contributed by atoms with E-state index in [1.165, 1.54) is 19.8 Å². The van der Waals surface area contributed by atoms with Gasteiger partial charge in [-0.2, -0.15) is 0 Å². The van der Waals surface area contributed by atoms with E-state index in [9.17, 15) is 8.78 Å². The number of alkyl halides is 2. The average Bonchev–Trinajstić information content (AvgIpc) is 2.82. The number of hydrogen-bond donors (Lipinski definition) is 1. The van der Waals surface area contributed by atoms with Gasteiger partial charge in [0, 0.05) is 18.8 Å². The van der Waals surface area contributed by atoms with Crippen LogP contribution in [0.3, 0.4) is 0 Å². The van der Waals surface area contributed by atoms with Crippen LogP contribution in [-0.2, 0) is 5.54 Å². The van der Waals surface area contributed by atoms with E-state index in [4.69, 9.17) is 5.73 Å². The van der Waals surface area contributed by atoms with Crippen LogP contribution in [0.5, 0.6) is 0 Å². The zero-order valence-corrected chi connectivity index (χ0v) is 10.00. The molecule has 1 aromatic rings.